The molecule has 0 amide bonds. The summed E-state index contributed by atoms with van der Waals surface area (Å²) in [7, 11) is 0. The Kier molecular flexibility index (Phi) is 5.62. The lowest BCUT2D eigenvalue weighted by atomic mass is 10.0. The summed E-state index contributed by atoms with van der Waals surface area (Å²) < 4.78 is 4.48. The molecule has 0 radical (unpaired) electrons. The number of hydrogen-bond acceptors (Lipinski definition) is 3. The number of para-hydroxylation sites is 1. The van der Waals surface area contributed by atoms with Crippen molar-refractivity contribution in [1.82, 2.24) is 19.3 Å². The van der Waals surface area contributed by atoms with E-state index in [1.54, 1.807) is 15.4 Å². The first kappa shape index (κ1) is 21.6. The Balaban J connectivity index is 1.81. The van der Waals surface area contributed by atoms with Crippen LogP contribution in [0.1, 0.15) is 30.9 Å². The van der Waals surface area contributed by atoms with Crippen LogP contribution in [0.2, 0.25) is 0 Å². The van der Waals surface area contributed by atoms with Gasteiger partial charge < -0.3 is 0 Å². The molecular formula is C27H23IN4O. The molecule has 0 aliphatic heterocycles. The summed E-state index contributed by atoms with van der Waals surface area (Å²) in [6, 6.07) is 24.2. The summed E-state index contributed by atoms with van der Waals surface area (Å²) in [6.07, 6.45) is 1.62. The van der Waals surface area contributed by atoms with Crippen LogP contribution in [0.25, 0.3) is 33.8 Å². The Labute approximate surface area is 205 Å². The lowest BCUT2D eigenvalue weighted by molar-refractivity contribution is 0.863. The van der Waals surface area contributed by atoms with Gasteiger partial charge in [-0.25, -0.2) is 9.67 Å². The van der Waals surface area contributed by atoms with Gasteiger partial charge >= 0.3 is 0 Å². The molecule has 164 valence electrons. The second kappa shape index (κ2) is 8.59. The van der Waals surface area contributed by atoms with Crippen molar-refractivity contribution >= 4 is 33.6 Å². The van der Waals surface area contributed by atoms with E-state index >= 15 is 0 Å². The highest BCUT2D eigenvalue weighted by molar-refractivity contribution is 14.1. The van der Waals surface area contributed by atoms with Crippen LogP contribution in [-0.2, 0) is 0 Å². The molecule has 0 bridgehead atoms. The van der Waals surface area contributed by atoms with Crippen molar-refractivity contribution in [2.45, 2.75) is 26.7 Å². The summed E-state index contributed by atoms with van der Waals surface area (Å²) in [5.74, 6) is 1.01. The van der Waals surface area contributed by atoms with Crippen LogP contribution in [0.15, 0.2) is 83.8 Å². The van der Waals surface area contributed by atoms with Gasteiger partial charge in [-0.3, -0.25) is 9.36 Å². The predicted octanol–water partition coefficient (Wildman–Crippen LogP) is 6.27. The highest BCUT2D eigenvalue weighted by Gasteiger charge is 2.19. The van der Waals surface area contributed by atoms with E-state index in [-0.39, 0.29) is 5.56 Å². The molecular weight excluding hydrogens is 523 g/mol. The standard InChI is InChI=1S/C27H23IN4O/c1-17(2)19-12-14-21(15-13-19)31-25(20-10-8-18(3)9-11-20)30-26-22(27(31)33)16-29-32(26)24-7-5-4-6-23(24)28/h4-17H,1-3H3. The van der Waals surface area contributed by atoms with Crippen LogP contribution in [0.5, 0.6) is 0 Å². The van der Waals surface area contributed by atoms with Crippen molar-refractivity contribution < 1.29 is 0 Å². The van der Waals surface area contributed by atoms with E-state index in [0.717, 1.165) is 26.1 Å². The molecule has 3 aromatic carbocycles. The summed E-state index contributed by atoms with van der Waals surface area (Å²) in [4.78, 5) is 18.8. The molecule has 0 aliphatic carbocycles. The van der Waals surface area contributed by atoms with Gasteiger partial charge in [0.05, 0.1) is 17.6 Å². The summed E-state index contributed by atoms with van der Waals surface area (Å²) >= 11 is 2.28. The molecule has 6 heteroatoms. The third-order valence-corrected chi connectivity index (χ3v) is 6.72. The molecule has 0 spiro atoms. The molecule has 2 aromatic heterocycles. The van der Waals surface area contributed by atoms with Crippen molar-refractivity contribution in [1.29, 1.82) is 0 Å². The van der Waals surface area contributed by atoms with E-state index < -0.39 is 0 Å². The second-order valence-corrected chi connectivity index (χ2v) is 9.60. The molecule has 5 aromatic rings. The monoisotopic (exact) mass is 546 g/mol. The Morgan fingerprint density at radius 2 is 1.61 bits per heavy atom. The number of rotatable bonds is 4. The van der Waals surface area contributed by atoms with E-state index in [9.17, 15) is 4.79 Å². The first-order valence-electron chi connectivity index (χ1n) is 10.9. The van der Waals surface area contributed by atoms with Gasteiger partial charge in [0.15, 0.2) is 5.65 Å². The van der Waals surface area contributed by atoms with E-state index in [4.69, 9.17) is 4.98 Å². The third-order valence-electron chi connectivity index (χ3n) is 5.81. The zero-order valence-electron chi connectivity index (χ0n) is 18.7. The van der Waals surface area contributed by atoms with Gasteiger partial charge in [0.1, 0.15) is 11.2 Å². The molecule has 0 unspecified atom stereocenters. The quantitative estimate of drug-likeness (QED) is 0.250. The van der Waals surface area contributed by atoms with E-state index in [1.807, 2.05) is 67.6 Å². The zero-order valence-corrected chi connectivity index (χ0v) is 20.8. The first-order chi connectivity index (χ1) is 15.9. The van der Waals surface area contributed by atoms with Crippen molar-refractivity contribution in [3.63, 3.8) is 0 Å². The van der Waals surface area contributed by atoms with Crippen LogP contribution >= 0.6 is 22.6 Å². The van der Waals surface area contributed by atoms with Gasteiger partial charge in [0, 0.05) is 9.13 Å². The first-order valence-corrected chi connectivity index (χ1v) is 11.9. The minimum Gasteiger partial charge on any atom is -0.268 e. The van der Waals surface area contributed by atoms with Crippen molar-refractivity contribution in [2.24, 2.45) is 0 Å². The van der Waals surface area contributed by atoms with Gasteiger partial charge in [0.2, 0.25) is 0 Å². The Hall–Kier alpha value is -3.26. The summed E-state index contributed by atoms with van der Waals surface area (Å²) in [5, 5.41) is 5.03. The Morgan fingerprint density at radius 3 is 2.27 bits per heavy atom. The number of aryl methyl sites for hydroxylation is 1. The lowest BCUT2D eigenvalue weighted by Crippen LogP contribution is -2.22. The topological polar surface area (TPSA) is 52.7 Å². The van der Waals surface area contributed by atoms with Crippen LogP contribution in [-0.4, -0.2) is 19.3 Å². The Morgan fingerprint density at radius 1 is 0.909 bits per heavy atom. The maximum absolute atomic E-state index is 13.8. The van der Waals surface area contributed by atoms with Gasteiger partial charge in [-0.2, -0.15) is 5.10 Å². The van der Waals surface area contributed by atoms with Gasteiger partial charge in [-0.1, -0.05) is 67.9 Å². The largest absolute Gasteiger partial charge is 0.269 e. The summed E-state index contributed by atoms with van der Waals surface area (Å²) in [6.45, 7) is 6.36. The number of benzene rings is 3. The third kappa shape index (κ3) is 3.88. The fraction of sp³-hybridized carbons (Fsp3) is 0.148. The minimum absolute atomic E-state index is 0.134. The zero-order chi connectivity index (χ0) is 23.1. The lowest BCUT2D eigenvalue weighted by Gasteiger charge is -2.15. The van der Waals surface area contributed by atoms with E-state index in [2.05, 4.69) is 53.7 Å². The molecule has 5 rings (SSSR count). The molecule has 0 N–H and O–H groups in total. The predicted molar refractivity (Wildman–Crippen MR) is 141 cm³/mol. The van der Waals surface area contributed by atoms with Crippen molar-refractivity contribution in [3.8, 4) is 22.8 Å². The normalized spacial score (nSPS) is 11.4. The van der Waals surface area contributed by atoms with Gasteiger partial charge in [-0.15, -0.1) is 0 Å². The number of fused-ring (bicyclic) bond motifs is 1. The number of aromatic nitrogens is 4. The van der Waals surface area contributed by atoms with Crippen LogP contribution in [0, 0.1) is 10.5 Å². The SMILES string of the molecule is Cc1ccc(-c2nc3c(cnn3-c3ccccc3I)c(=O)n2-c2ccc(C(C)C)cc2)cc1. The van der Waals surface area contributed by atoms with Crippen molar-refractivity contribution in [3.05, 3.63) is 104 Å². The molecule has 2 heterocycles. The highest BCUT2D eigenvalue weighted by atomic mass is 127. The molecule has 0 aliphatic rings. The fourth-order valence-electron chi connectivity index (χ4n) is 3.91. The average Bonchev–Trinajstić information content (AvgIpc) is 3.24. The van der Waals surface area contributed by atoms with E-state index in [0.29, 0.717) is 22.8 Å². The molecule has 33 heavy (non-hydrogen) atoms. The maximum Gasteiger partial charge on any atom is 0.269 e. The molecule has 0 fully saturated rings. The summed E-state index contributed by atoms with van der Waals surface area (Å²) in [5.41, 5.74) is 5.36. The molecule has 0 atom stereocenters. The van der Waals surface area contributed by atoms with Gasteiger partial charge in [0.25, 0.3) is 5.56 Å². The maximum atomic E-state index is 13.8. The number of halogens is 1. The molecule has 5 nitrogen and oxygen atoms in total. The highest BCUT2D eigenvalue weighted by Crippen LogP contribution is 2.26. The van der Waals surface area contributed by atoms with Gasteiger partial charge in [-0.05, 0) is 65.3 Å². The average molecular weight is 546 g/mol. The van der Waals surface area contributed by atoms with E-state index in [1.165, 1.54) is 5.56 Å². The van der Waals surface area contributed by atoms with Crippen LogP contribution in [0.3, 0.4) is 0 Å². The van der Waals surface area contributed by atoms with Crippen molar-refractivity contribution in [2.75, 3.05) is 0 Å². The van der Waals surface area contributed by atoms with Crippen LogP contribution in [0.4, 0.5) is 0 Å². The minimum atomic E-state index is -0.134. The Bertz CT molecular complexity index is 1510. The molecule has 0 saturated heterocycles. The smallest absolute Gasteiger partial charge is 0.268 e. The second-order valence-electron chi connectivity index (χ2n) is 8.43. The number of nitrogens with zero attached hydrogens (tertiary/aromatic N) is 4. The van der Waals surface area contributed by atoms with Crippen LogP contribution < -0.4 is 5.56 Å². The fourth-order valence-corrected chi connectivity index (χ4v) is 4.53. The number of hydrogen-bond donors (Lipinski definition) is 0. The molecule has 0 saturated carbocycles.